The average molecular weight is 201 g/mol. The molecule has 0 unspecified atom stereocenters. The third-order valence-electron chi connectivity index (χ3n) is 3.19. The summed E-state index contributed by atoms with van der Waals surface area (Å²) >= 11 is 0. The SMILES string of the molecule is Cn1c(C2CC2)nc2c(CN)cccc21. The summed E-state index contributed by atoms with van der Waals surface area (Å²) < 4.78 is 2.21. The first-order valence-corrected chi connectivity index (χ1v) is 5.45. The van der Waals surface area contributed by atoms with E-state index in [4.69, 9.17) is 10.7 Å². The molecule has 1 aliphatic rings. The number of rotatable bonds is 2. The Bertz CT molecular complexity index is 509. The van der Waals surface area contributed by atoms with Crippen molar-refractivity contribution in [2.45, 2.75) is 25.3 Å². The van der Waals surface area contributed by atoms with Gasteiger partial charge in [-0.1, -0.05) is 12.1 Å². The lowest BCUT2D eigenvalue weighted by Crippen LogP contribution is -1.97. The Hall–Kier alpha value is -1.35. The highest BCUT2D eigenvalue weighted by molar-refractivity contribution is 5.79. The Balaban J connectivity index is 2.28. The molecule has 1 saturated carbocycles. The van der Waals surface area contributed by atoms with Crippen LogP contribution in [0.25, 0.3) is 11.0 Å². The summed E-state index contributed by atoms with van der Waals surface area (Å²) in [6, 6.07) is 6.24. The molecular formula is C12H15N3. The van der Waals surface area contributed by atoms with Crippen LogP contribution < -0.4 is 5.73 Å². The molecule has 2 aromatic rings. The molecule has 1 aromatic carbocycles. The second-order valence-corrected chi connectivity index (χ2v) is 4.29. The second kappa shape index (κ2) is 3.07. The quantitative estimate of drug-likeness (QED) is 0.806. The molecule has 0 amide bonds. The average Bonchev–Trinajstić information content (AvgIpc) is 3.04. The van der Waals surface area contributed by atoms with Crippen molar-refractivity contribution >= 4 is 11.0 Å². The van der Waals surface area contributed by atoms with Gasteiger partial charge in [0.1, 0.15) is 5.82 Å². The summed E-state index contributed by atoms with van der Waals surface area (Å²) in [5, 5.41) is 0. The van der Waals surface area contributed by atoms with Crippen LogP contribution in [-0.2, 0) is 13.6 Å². The molecule has 1 heterocycles. The normalized spacial score (nSPS) is 16.1. The van der Waals surface area contributed by atoms with E-state index in [1.807, 2.05) is 0 Å². The molecule has 3 rings (SSSR count). The van der Waals surface area contributed by atoms with Crippen LogP contribution in [0.1, 0.15) is 30.1 Å². The zero-order chi connectivity index (χ0) is 10.4. The third-order valence-corrected chi connectivity index (χ3v) is 3.19. The van der Waals surface area contributed by atoms with Gasteiger partial charge in [0.2, 0.25) is 0 Å². The number of nitrogens with zero attached hydrogens (tertiary/aromatic N) is 2. The van der Waals surface area contributed by atoms with E-state index < -0.39 is 0 Å². The monoisotopic (exact) mass is 201 g/mol. The Labute approximate surface area is 88.9 Å². The minimum atomic E-state index is 0.568. The predicted octanol–water partition coefficient (Wildman–Crippen LogP) is 1.91. The lowest BCUT2D eigenvalue weighted by atomic mass is 10.2. The third kappa shape index (κ3) is 1.27. The maximum Gasteiger partial charge on any atom is 0.112 e. The topological polar surface area (TPSA) is 43.8 Å². The van der Waals surface area contributed by atoms with Crippen molar-refractivity contribution < 1.29 is 0 Å². The number of fused-ring (bicyclic) bond motifs is 1. The van der Waals surface area contributed by atoms with Gasteiger partial charge in [-0.05, 0) is 24.5 Å². The largest absolute Gasteiger partial charge is 0.331 e. The summed E-state index contributed by atoms with van der Waals surface area (Å²) in [5.74, 6) is 1.92. The van der Waals surface area contributed by atoms with Gasteiger partial charge in [-0.3, -0.25) is 0 Å². The van der Waals surface area contributed by atoms with Crippen LogP contribution in [0.5, 0.6) is 0 Å². The first-order chi connectivity index (χ1) is 7.31. The Morgan fingerprint density at radius 3 is 2.93 bits per heavy atom. The summed E-state index contributed by atoms with van der Waals surface area (Å²) in [4.78, 5) is 4.73. The maximum atomic E-state index is 5.72. The van der Waals surface area contributed by atoms with Crippen molar-refractivity contribution in [1.29, 1.82) is 0 Å². The van der Waals surface area contributed by atoms with Crippen molar-refractivity contribution in [3.05, 3.63) is 29.6 Å². The van der Waals surface area contributed by atoms with Crippen molar-refractivity contribution in [3.63, 3.8) is 0 Å². The molecule has 1 aliphatic carbocycles. The number of aryl methyl sites for hydroxylation is 1. The fraction of sp³-hybridized carbons (Fsp3) is 0.417. The summed E-state index contributed by atoms with van der Waals surface area (Å²) in [6.45, 7) is 0.568. The maximum absolute atomic E-state index is 5.72. The van der Waals surface area contributed by atoms with Crippen LogP contribution in [0, 0.1) is 0 Å². The summed E-state index contributed by atoms with van der Waals surface area (Å²) in [6.07, 6.45) is 2.57. The van der Waals surface area contributed by atoms with Gasteiger partial charge in [-0.25, -0.2) is 4.98 Å². The van der Waals surface area contributed by atoms with E-state index in [1.54, 1.807) is 0 Å². The Kier molecular flexibility index (Phi) is 1.83. The molecule has 1 aromatic heterocycles. The minimum Gasteiger partial charge on any atom is -0.331 e. The van der Waals surface area contributed by atoms with E-state index in [0.717, 1.165) is 11.1 Å². The molecule has 3 heteroatoms. The highest BCUT2D eigenvalue weighted by atomic mass is 15.1. The zero-order valence-electron chi connectivity index (χ0n) is 8.90. The highest BCUT2D eigenvalue weighted by Gasteiger charge is 2.28. The van der Waals surface area contributed by atoms with Crippen molar-refractivity contribution in [2.24, 2.45) is 12.8 Å². The van der Waals surface area contributed by atoms with Gasteiger partial charge in [0.25, 0.3) is 0 Å². The molecular weight excluding hydrogens is 186 g/mol. The van der Waals surface area contributed by atoms with E-state index >= 15 is 0 Å². The molecule has 0 saturated heterocycles. The number of imidazole rings is 1. The zero-order valence-corrected chi connectivity index (χ0v) is 8.90. The molecule has 0 bridgehead atoms. The van der Waals surface area contributed by atoms with Gasteiger partial charge in [-0.2, -0.15) is 0 Å². The number of hydrogen-bond acceptors (Lipinski definition) is 2. The second-order valence-electron chi connectivity index (χ2n) is 4.29. The van der Waals surface area contributed by atoms with Crippen LogP contribution >= 0.6 is 0 Å². The molecule has 2 N–H and O–H groups in total. The molecule has 0 spiro atoms. The van der Waals surface area contributed by atoms with Gasteiger partial charge < -0.3 is 10.3 Å². The Morgan fingerprint density at radius 1 is 1.47 bits per heavy atom. The molecule has 15 heavy (non-hydrogen) atoms. The van der Waals surface area contributed by atoms with Gasteiger partial charge in [0, 0.05) is 19.5 Å². The van der Waals surface area contributed by atoms with Crippen molar-refractivity contribution in [3.8, 4) is 0 Å². The fourth-order valence-corrected chi connectivity index (χ4v) is 2.16. The minimum absolute atomic E-state index is 0.568. The number of para-hydroxylation sites is 1. The van der Waals surface area contributed by atoms with E-state index in [1.165, 1.54) is 24.2 Å². The van der Waals surface area contributed by atoms with Gasteiger partial charge >= 0.3 is 0 Å². The van der Waals surface area contributed by atoms with Gasteiger partial charge in [0.15, 0.2) is 0 Å². The van der Waals surface area contributed by atoms with Crippen molar-refractivity contribution in [2.75, 3.05) is 0 Å². The molecule has 0 atom stereocenters. The summed E-state index contributed by atoms with van der Waals surface area (Å²) in [7, 11) is 2.10. The number of hydrogen-bond donors (Lipinski definition) is 1. The Morgan fingerprint density at radius 2 is 2.27 bits per heavy atom. The number of aromatic nitrogens is 2. The van der Waals surface area contributed by atoms with Crippen LogP contribution in [-0.4, -0.2) is 9.55 Å². The predicted molar refractivity (Wildman–Crippen MR) is 60.6 cm³/mol. The fourth-order valence-electron chi connectivity index (χ4n) is 2.16. The summed E-state index contributed by atoms with van der Waals surface area (Å²) in [5.41, 5.74) is 9.16. The first kappa shape index (κ1) is 8.92. The van der Waals surface area contributed by atoms with Gasteiger partial charge in [0.05, 0.1) is 11.0 Å². The van der Waals surface area contributed by atoms with Crippen LogP contribution in [0.2, 0.25) is 0 Å². The van der Waals surface area contributed by atoms with E-state index in [-0.39, 0.29) is 0 Å². The molecule has 0 radical (unpaired) electrons. The van der Waals surface area contributed by atoms with Gasteiger partial charge in [-0.15, -0.1) is 0 Å². The lowest BCUT2D eigenvalue weighted by molar-refractivity contribution is 0.820. The van der Waals surface area contributed by atoms with Crippen molar-refractivity contribution in [1.82, 2.24) is 9.55 Å². The molecule has 0 aliphatic heterocycles. The lowest BCUT2D eigenvalue weighted by Gasteiger charge is -1.99. The smallest absolute Gasteiger partial charge is 0.112 e. The first-order valence-electron chi connectivity index (χ1n) is 5.45. The number of nitrogens with two attached hydrogens (primary N) is 1. The van der Waals surface area contributed by atoms with Crippen LogP contribution in [0.4, 0.5) is 0 Å². The van der Waals surface area contributed by atoms with E-state index in [0.29, 0.717) is 12.5 Å². The molecule has 1 fully saturated rings. The number of benzene rings is 1. The van der Waals surface area contributed by atoms with E-state index in [9.17, 15) is 0 Å². The van der Waals surface area contributed by atoms with Crippen LogP contribution in [0.15, 0.2) is 18.2 Å². The highest BCUT2D eigenvalue weighted by Crippen LogP contribution is 2.40. The standard InChI is InChI=1S/C12H15N3/c1-15-10-4-2-3-9(7-13)11(10)14-12(15)8-5-6-8/h2-4,8H,5-7,13H2,1H3. The van der Waals surface area contributed by atoms with Crippen LogP contribution in [0.3, 0.4) is 0 Å². The van der Waals surface area contributed by atoms with E-state index in [2.05, 4.69) is 29.8 Å². The molecule has 3 nitrogen and oxygen atoms in total. The molecule has 78 valence electrons.